The summed E-state index contributed by atoms with van der Waals surface area (Å²) in [7, 11) is 0. The molecule has 4 N–H and O–H groups in total. The maximum absolute atomic E-state index is 12.0. The van der Waals surface area contributed by atoms with Crippen molar-refractivity contribution in [3.63, 3.8) is 0 Å². The molecule has 2 heterocycles. The first-order valence-electron chi connectivity index (χ1n) is 9.13. The van der Waals surface area contributed by atoms with Crippen molar-refractivity contribution in [3.05, 3.63) is 54.9 Å². The molecule has 0 radical (unpaired) electrons. The lowest BCUT2D eigenvalue weighted by Crippen LogP contribution is -2.29. The molecule has 27 heavy (non-hydrogen) atoms. The van der Waals surface area contributed by atoms with Crippen molar-refractivity contribution in [1.82, 2.24) is 20.3 Å². The van der Waals surface area contributed by atoms with Crippen molar-refractivity contribution < 1.29 is 4.79 Å². The highest BCUT2D eigenvalue weighted by atomic mass is 16.2. The lowest BCUT2D eigenvalue weighted by atomic mass is 10.2. The topological polar surface area (TPSA) is 94.7 Å². The highest BCUT2D eigenvalue weighted by Crippen LogP contribution is 2.20. The molecule has 140 valence electrons. The molecule has 0 atom stereocenters. The molecule has 7 nitrogen and oxygen atoms in total. The molecular formula is C20H24N6O. The van der Waals surface area contributed by atoms with Crippen molar-refractivity contribution in [2.45, 2.75) is 26.2 Å². The van der Waals surface area contributed by atoms with Crippen LogP contribution in [0.3, 0.4) is 0 Å². The molecule has 0 spiro atoms. The van der Waals surface area contributed by atoms with E-state index >= 15 is 0 Å². The third-order valence-electron chi connectivity index (χ3n) is 3.97. The molecule has 3 aromatic rings. The lowest BCUT2D eigenvalue weighted by Gasteiger charge is -2.10. The molecule has 0 aliphatic heterocycles. The summed E-state index contributed by atoms with van der Waals surface area (Å²) in [4.78, 5) is 23.8. The maximum Gasteiger partial charge on any atom is 0.319 e. The molecule has 2 aromatic heterocycles. The summed E-state index contributed by atoms with van der Waals surface area (Å²) in [6.45, 7) is 2.81. The van der Waals surface area contributed by atoms with Crippen LogP contribution < -0.4 is 16.0 Å². The number of unbranched alkanes of at least 4 members (excludes halogenated alkanes) is 2. The number of carbonyl (C=O) groups excluding carboxylic acids is 1. The van der Waals surface area contributed by atoms with Crippen molar-refractivity contribution in [1.29, 1.82) is 0 Å². The van der Waals surface area contributed by atoms with E-state index in [9.17, 15) is 4.79 Å². The number of nitrogens with one attached hydrogen (secondary N) is 4. The van der Waals surface area contributed by atoms with Gasteiger partial charge in [-0.3, -0.25) is 0 Å². The van der Waals surface area contributed by atoms with Crippen LogP contribution >= 0.6 is 0 Å². The summed E-state index contributed by atoms with van der Waals surface area (Å²) in [6.07, 6.45) is 6.79. The van der Waals surface area contributed by atoms with Gasteiger partial charge in [0.1, 0.15) is 0 Å². The zero-order valence-corrected chi connectivity index (χ0v) is 15.3. The highest BCUT2D eigenvalue weighted by molar-refractivity contribution is 5.89. The molecule has 1 aromatic carbocycles. The van der Waals surface area contributed by atoms with Crippen LogP contribution in [0.1, 0.15) is 26.2 Å². The van der Waals surface area contributed by atoms with E-state index in [-0.39, 0.29) is 6.03 Å². The number of H-pyrrole nitrogens is 1. The Morgan fingerprint density at radius 3 is 2.81 bits per heavy atom. The molecule has 0 saturated heterocycles. The molecular weight excluding hydrogens is 340 g/mol. The van der Waals surface area contributed by atoms with E-state index < -0.39 is 0 Å². The first-order valence-corrected chi connectivity index (χ1v) is 9.13. The van der Waals surface area contributed by atoms with Crippen molar-refractivity contribution in [3.8, 4) is 11.4 Å². The van der Waals surface area contributed by atoms with Crippen molar-refractivity contribution in [2.75, 3.05) is 17.2 Å². The summed E-state index contributed by atoms with van der Waals surface area (Å²) in [6, 6.07) is 13.0. The van der Waals surface area contributed by atoms with E-state index in [1.165, 1.54) is 0 Å². The normalized spacial score (nSPS) is 10.4. The van der Waals surface area contributed by atoms with Crippen LogP contribution in [0, 0.1) is 0 Å². The van der Waals surface area contributed by atoms with E-state index in [4.69, 9.17) is 0 Å². The van der Waals surface area contributed by atoms with E-state index in [0.29, 0.717) is 18.2 Å². The number of aromatic amines is 1. The molecule has 0 bridgehead atoms. The Kier molecular flexibility index (Phi) is 6.40. The number of amides is 2. The third-order valence-corrected chi connectivity index (χ3v) is 3.97. The minimum Gasteiger partial charge on any atom is -0.360 e. The van der Waals surface area contributed by atoms with Gasteiger partial charge in [-0.2, -0.15) is 0 Å². The van der Waals surface area contributed by atoms with Crippen molar-refractivity contribution in [2.24, 2.45) is 0 Å². The quantitative estimate of drug-likeness (QED) is 0.442. The SMILES string of the molecule is CCCCCNC(=O)Nc1cccc(Nc2nccc(-c3ccc[nH]3)n2)c1. The molecule has 0 aliphatic carbocycles. The predicted molar refractivity (Wildman–Crippen MR) is 108 cm³/mol. The van der Waals surface area contributed by atoms with E-state index in [1.54, 1.807) is 6.20 Å². The molecule has 0 saturated carbocycles. The molecule has 7 heteroatoms. The Hall–Kier alpha value is -3.35. The summed E-state index contributed by atoms with van der Waals surface area (Å²) >= 11 is 0. The van der Waals surface area contributed by atoms with Crippen LogP contribution in [0.15, 0.2) is 54.9 Å². The fraction of sp³-hybridized carbons (Fsp3) is 0.250. The number of hydrogen-bond donors (Lipinski definition) is 4. The second-order valence-electron chi connectivity index (χ2n) is 6.14. The predicted octanol–water partition coefficient (Wildman–Crippen LogP) is 4.53. The van der Waals surface area contributed by atoms with Crippen LogP contribution in [0.2, 0.25) is 0 Å². The minimum absolute atomic E-state index is 0.201. The number of benzene rings is 1. The number of anilines is 3. The molecule has 2 amide bonds. The van der Waals surface area contributed by atoms with Crippen LogP contribution in [0.4, 0.5) is 22.1 Å². The van der Waals surface area contributed by atoms with Gasteiger partial charge >= 0.3 is 6.03 Å². The zero-order chi connectivity index (χ0) is 18.9. The Labute approximate surface area is 158 Å². The molecule has 0 unspecified atom stereocenters. The zero-order valence-electron chi connectivity index (χ0n) is 15.3. The fourth-order valence-electron chi connectivity index (χ4n) is 2.61. The van der Waals surface area contributed by atoms with Crippen LogP contribution in [-0.2, 0) is 0 Å². The van der Waals surface area contributed by atoms with Gasteiger partial charge in [0.25, 0.3) is 0 Å². The second-order valence-corrected chi connectivity index (χ2v) is 6.14. The largest absolute Gasteiger partial charge is 0.360 e. The smallest absolute Gasteiger partial charge is 0.319 e. The monoisotopic (exact) mass is 364 g/mol. The van der Waals surface area contributed by atoms with E-state index in [1.807, 2.05) is 48.7 Å². The average molecular weight is 364 g/mol. The van der Waals surface area contributed by atoms with Gasteiger partial charge in [0, 0.05) is 30.3 Å². The third kappa shape index (κ3) is 5.57. The van der Waals surface area contributed by atoms with E-state index in [2.05, 4.69) is 37.8 Å². The van der Waals surface area contributed by atoms with Crippen LogP contribution in [-0.4, -0.2) is 27.5 Å². The molecule has 0 aliphatic rings. The van der Waals surface area contributed by atoms with Crippen LogP contribution in [0.5, 0.6) is 0 Å². The Morgan fingerprint density at radius 1 is 1.11 bits per heavy atom. The van der Waals surface area contributed by atoms with E-state index in [0.717, 1.165) is 36.3 Å². The second kappa shape index (κ2) is 9.38. The lowest BCUT2D eigenvalue weighted by molar-refractivity contribution is 0.252. The van der Waals surface area contributed by atoms with Crippen molar-refractivity contribution >= 4 is 23.4 Å². The van der Waals surface area contributed by atoms with Crippen LogP contribution in [0.25, 0.3) is 11.4 Å². The summed E-state index contributed by atoms with van der Waals surface area (Å²) in [5.74, 6) is 0.489. The molecule has 0 fully saturated rings. The fourth-order valence-corrected chi connectivity index (χ4v) is 2.61. The van der Waals surface area contributed by atoms with Gasteiger partial charge in [0.05, 0.1) is 11.4 Å². The number of carbonyl (C=O) groups is 1. The number of aromatic nitrogens is 3. The van der Waals surface area contributed by atoms with Gasteiger partial charge in [-0.15, -0.1) is 0 Å². The maximum atomic E-state index is 12.0. The number of hydrogen-bond acceptors (Lipinski definition) is 4. The number of rotatable bonds is 8. The Balaban J connectivity index is 1.61. The Morgan fingerprint density at radius 2 is 2.00 bits per heavy atom. The Bertz CT molecular complexity index is 862. The van der Waals surface area contributed by atoms with Gasteiger partial charge in [0.15, 0.2) is 0 Å². The number of nitrogens with zero attached hydrogens (tertiary/aromatic N) is 2. The first kappa shape index (κ1) is 18.4. The standard InChI is InChI=1S/C20H24N6O/c1-2-3-4-11-23-20(27)25-16-8-5-7-15(14-16)24-19-22-13-10-18(26-19)17-9-6-12-21-17/h5-10,12-14,21H,2-4,11H2,1H3,(H,22,24,26)(H2,23,25,27). The summed E-state index contributed by atoms with van der Waals surface area (Å²) in [5.41, 5.74) is 3.23. The number of urea groups is 1. The minimum atomic E-state index is -0.201. The van der Waals surface area contributed by atoms with Gasteiger partial charge in [-0.25, -0.2) is 14.8 Å². The molecule has 3 rings (SSSR count). The summed E-state index contributed by atoms with van der Waals surface area (Å²) in [5, 5.41) is 8.87. The van der Waals surface area contributed by atoms with Gasteiger partial charge < -0.3 is 20.9 Å². The van der Waals surface area contributed by atoms with Gasteiger partial charge in [0.2, 0.25) is 5.95 Å². The average Bonchev–Trinajstić information content (AvgIpc) is 3.21. The first-order chi connectivity index (χ1) is 13.2. The summed E-state index contributed by atoms with van der Waals surface area (Å²) < 4.78 is 0. The van der Waals surface area contributed by atoms with Gasteiger partial charge in [-0.1, -0.05) is 25.8 Å². The highest BCUT2D eigenvalue weighted by Gasteiger charge is 2.05. The van der Waals surface area contributed by atoms with Gasteiger partial charge in [-0.05, 0) is 42.8 Å².